The summed E-state index contributed by atoms with van der Waals surface area (Å²) in [5.74, 6) is -0.0413. The van der Waals surface area contributed by atoms with Gasteiger partial charge in [-0.1, -0.05) is 49.5 Å². The number of carboxylic acids is 1. The number of hydrogen-bond acceptors (Lipinski definition) is 2. The van der Waals surface area contributed by atoms with E-state index in [9.17, 15) is 4.79 Å². The second kappa shape index (κ2) is 7.11. The SMILES string of the molecule is O=C(O)C=Cc1ccc(Br)cc1Oc1cc(Br)ccc1Cl. The number of hydrogen-bond donors (Lipinski definition) is 1. The van der Waals surface area contributed by atoms with Crippen LogP contribution < -0.4 is 4.74 Å². The Hall–Kier alpha value is -1.30. The maximum atomic E-state index is 10.6. The van der Waals surface area contributed by atoms with E-state index < -0.39 is 5.97 Å². The minimum absolute atomic E-state index is 0.464. The zero-order chi connectivity index (χ0) is 15.4. The molecule has 0 aliphatic rings. The quantitative estimate of drug-likeness (QED) is 0.626. The number of carbonyl (C=O) groups is 1. The Morgan fingerprint density at radius 1 is 1.10 bits per heavy atom. The average Bonchev–Trinajstić information content (AvgIpc) is 2.42. The van der Waals surface area contributed by atoms with Gasteiger partial charge in [0.2, 0.25) is 0 Å². The Morgan fingerprint density at radius 2 is 1.71 bits per heavy atom. The van der Waals surface area contributed by atoms with Crippen LogP contribution in [0.15, 0.2) is 51.4 Å². The van der Waals surface area contributed by atoms with E-state index >= 15 is 0 Å². The van der Waals surface area contributed by atoms with Crippen LogP contribution in [0.5, 0.6) is 11.5 Å². The summed E-state index contributed by atoms with van der Waals surface area (Å²) in [5.41, 5.74) is 0.636. The summed E-state index contributed by atoms with van der Waals surface area (Å²) < 4.78 is 7.45. The van der Waals surface area contributed by atoms with Crippen molar-refractivity contribution in [2.75, 3.05) is 0 Å². The molecule has 0 amide bonds. The van der Waals surface area contributed by atoms with Crippen molar-refractivity contribution in [1.82, 2.24) is 0 Å². The Labute approximate surface area is 143 Å². The van der Waals surface area contributed by atoms with Crippen LogP contribution in [0.1, 0.15) is 5.56 Å². The van der Waals surface area contributed by atoms with Gasteiger partial charge in [-0.05, 0) is 36.4 Å². The Bertz CT molecular complexity index is 714. The van der Waals surface area contributed by atoms with Gasteiger partial charge in [0.1, 0.15) is 11.5 Å². The molecular formula is C15H9Br2ClO3. The van der Waals surface area contributed by atoms with E-state index in [0.29, 0.717) is 22.1 Å². The first-order chi connectivity index (χ1) is 9.95. The van der Waals surface area contributed by atoms with E-state index in [1.807, 2.05) is 0 Å². The molecule has 0 bridgehead atoms. The van der Waals surface area contributed by atoms with Crippen molar-refractivity contribution in [3.63, 3.8) is 0 Å². The third-order valence-corrected chi connectivity index (χ3v) is 3.79. The topological polar surface area (TPSA) is 46.5 Å². The van der Waals surface area contributed by atoms with Crippen LogP contribution in [0.4, 0.5) is 0 Å². The van der Waals surface area contributed by atoms with Gasteiger partial charge in [-0.3, -0.25) is 0 Å². The maximum Gasteiger partial charge on any atom is 0.328 e. The lowest BCUT2D eigenvalue weighted by atomic mass is 10.2. The first kappa shape index (κ1) is 16.1. The summed E-state index contributed by atoms with van der Waals surface area (Å²) in [6.45, 7) is 0. The van der Waals surface area contributed by atoms with Crippen molar-refractivity contribution in [3.05, 3.63) is 62.0 Å². The van der Waals surface area contributed by atoms with Crippen LogP contribution in [0.3, 0.4) is 0 Å². The van der Waals surface area contributed by atoms with E-state index in [1.165, 1.54) is 6.08 Å². The van der Waals surface area contributed by atoms with Crippen molar-refractivity contribution in [1.29, 1.82) is 0 Å². The fraction of sp³-hybridized carbons (Fsp3) is 0. The summed E-state index contributed by atoms with van der Waals surface area (Å²) in [7, 11) is 0. The standard InChI is InChI=1S/C15H9Br2ClO3/c16-10-3-1-9(2-6-15(19)20)13(7-10)21-14-8-11(17)4-5-12(14)18/h1-8H,(H,19,20). The number of carboxylic acid groups (broad SMARTS) is 1. The third-order valence-electron chi connectivity index (χ3n) is 2.49. The van der Waals surface area contributed by atoms with E-state index in [0.717, 1.165) is 15.0 Å². The van der Waals surface area contributed by atoms with Gasteiger partial charge in [-0.15, -0.1) is 0 Å². The molecule has 0 aliphatic carbocycles. The molecule has 0 spiro atoms. The molecule has 6 heteroatoms. The second-order valence-electron chi connectivity index (χ2n) is 4.03. The third kappa shape index (κ3) is 4.59. The van der Waals surface area contributed by atoms with E-state index in [-0.39, 0.29) is 0 Å². The van der Waals surface area contributed by atoms with Gasteiger partial charge in [-0.25, -0.2) is 4.79 Å². The highest BCUT2D eigenvalue weighted by Gasteiger charge is 2.08. The number of rotatable bonds is 4. The van der Waals surface area contributed by atoms with Crippen molar-refractivity contribution < 1.29 is 14.6 Å². The number of benzene rings is 2. The predicted molar refractivity (Wildman–Crippen MR) is 90.0 cm³/mol. The second-order valence-corrected chi connectivity index (χ2v) is 6.27. The zero-order valence-electron chi connectivity index (χ0n) is 10.5. The number of halogens is 3. The van der Waals surface area contributed by atoms with Crippen LogP contribution in [-0.2, 0) is 4.79 Å². The maximum absolute atomic E-state index is 10.6. The van der Waals surface area contributed by atoms with Crippen LogP contribution in [-0.4, -0.2) is 11.1 Å². The molecule has 0 saturated carbocycles. The first-order valence-electron chi connectivity index (χ1n) is 5.79. The van der Waals surface area contributed by atoms with Crippen LogP contribution in [0.25, 0.3) is 6.08 Å². The van der Waals surface area contributed by atoms with Gasteiger partial charge in [0.05, 0.1) is 5.02 Å². The molecule has 108 valence electrons. The van der Waals surface area contributed by atoms with E-state index in [4.69, 9.17) is 21.4 Å². The molecule has 0 aromatic heterocycles. The smallest absolute Gasteiger partial charge is 0.328 e. The predicted octanol–water partition coefficient (Wildman–Crippen LogP) is 5.76. The lowest BCUT2D eigenvalue weighted by Crippen LogP contribution is -1.91. The molecule has 1 N–H and O–H groups in total. The Kier molecular flexibility index (Phi) is 5.45. The average molecular weight is 432 g/mol. The monoisotopic (exact) mass is 430 g/mol. The first-order valence-corrected chi connectivity index (χ1v) is 7.75. The van der Waals surface area contributed by atoms with Gasteiger partial charge in [0.15, 0.2) is 0 Å². The fourth-order valence-corrected chi connectivity index (χ4v) is 2.41. The highest BCUT2D eigenvalue weighted by Crippen LogP contribution is 2.35. The van der Waals surface area contributed by atoms with E-state index in [1.54, 1.807) is 36.4 Å². The van der Waals surface area contributed by atoms with E-state index in [2.05, 4.69) is 31.9 Å². The highest BCUT2D eigenvalue weighted by molar-refractivity contribution is 9.10. The molecule has 3 nitrogen and oxygen atoms in total. The summed E-state index contributed by atoms with van der Waals surface area (Å²) in [6, 6.07) is 10.6. The molecule has 0 radical (unpaired) electrons. The minimum Gasteiger partial charge on any atom is -0.478 e. The highest BCUT2D eigenvalue weighted by atomic mass is 79.9. The van der Waals surface area contributed by atoms with Crippen molar-refractivity contribution in [2.45, 2.75) is 0 Å². The summed E-state index contributed by atoms with van der Waals surface area (Å²) in [5, 5.41) is 9.19. The molecule has 0 atom stereocenters. The summed E-state index contributed by atoms with van der Waals surface area (Å²) >= 11 is 12.8. The van der Waals surface area contributed by atoms with Crippen LogP contribution >= 0.6 is 43.5 Å². The molecule has 0 heterocycles. The molecule has 2 aromatic rings. The van der Waals surface area contributed by atoms with Crippen LogP contribution in [0, 0.1) is 0 Å². The van der Waals surface area contributed by atoms with Gasteiger partial charge in [0.25, 0.3) is 0 Å². The molecule has 0 saturated heterocycles. The van der Waals surface area contributed by atoms with Gasteiger partial charge in [0, 0.05) is 20.6 Å². The Morgan fingerprint density at radius 3 is 2.38 bits per heavy atom. The molecule has 2 rings (SSSR count). The summed E-state index contributed by atoms with van der Waals surface area (Å²) in [6.07, 6.45) is 2.52. The number of ether oxygens (including phenoxy) is 1. The normalized spacial score (nSPS) is 10.8. The molecule has 2 aromatic carbocycles. The van der Waals surface area contributed by atoms with Crippen molar-refractivity contribution in [3.8, 4) is 11.5 Å². The fourth-order valence-electron chi connectivity index (χ4n) is 1.57. The lowest BCUT2D eigenvalue weighted by molar-refractivity contribution is -0.131. The largest absolute Gasteiger partial charge is 0.478 e. The van der Waals surface area contributed by atoms with Crippen molar-refractivity contribution >= 4 is 55.5 Å². The molecule has 0 aliphatic heterocycles. The van der Waals surface area contributed by atoms with Gasteiger partial charge in [-0.2, -0.15) is 0 Å². The number of aliphatic carboxylic acids is 1. The summed E-state index contributed by atoms with van der Waals surface area (Å²) in [4.78, 5) is 10.6. The molecule has 21 heavy (non-hydrogen) atoms. The Balaban J connectivity index is 2.40. The van der Waals surface area contributed by atoms with Crippen molar-refractivity contribution in [2.24, 2.45) is 0 Å². The molecular weight excluding hydrogens is 423 g/mol. The lowest BCUT2D eigenvalue weighted by Gasteiger charge is -2.11. The van der Waals surface area contributed by atoms with Gasteiger partial charge >= 0.3 is 5.97 Å². The molecule has 0 unspecified atom stereocenters. The molecule has 0 fully saturated rings. The van der Waals surface area contributed by atoms with Gasteiger partial charge < -0.3 is 9.84 Å². The van der Waals surface area contributed by atoms with Crippen LogP contribution in [0.2, 0.25) is 5.02 Å². The zero-order valence-corrected chi connectivity index (χ0v) is 14.4. The minimum atomic E-state index is -1.02.